The lowest BCUT2D eigenvalue weighted by molar-refractivity contribution is -0.133. The number of alkyl halides is 1. The van der Waals surface area contributed by atoms with Crippen LogP contribution in [-0.4, -0.2) is 17.7 Å². The van der Waals surface area contributed by atoms with E-state index in [1.165, 1.54) is 0 Å². The van der Waals surface area contributed by atoms with Gasteiger partial charge in [-0.2, -0.15) is 0 Å². The number of Topliss-reactive ketones (excluding diaryl/α,β-unsaturated/α-hetero) is 1. The quantitative estimate of drug-likeness (QED) is 0.677. The zero-order chi connectivity index (χ0) is 15.7. The largest absolute Gasteiger partial charge is 0.299 e. The number of hydrogen-bond acceptors (Lipinski definition) is 2. The van der Waals surface area contributed by atoms with Gasteiger partial charge in [-0.25, -0.2) is 4.39 Å². The van der Waals surface area contributed by atoms with Crippen LogP contribution >= 0.6 is 0 Å². The first-order valence-electron chi connectivity index (χ1n) is 8.78. The van der Waals surface area contributed by atoms with Crippen molar-refractivity contribution in [2.75, 3.05) is 0 Å². The standard InChI is InChI=1S/C19H25FO2/c1-18-7-5-11(21)9-15(18)16(20)10-12-13-3-4-17(22)19(13,2)8-6-14(12)18/h9,12-14,16H,3-8,10H2,1-2H3/t12?,13?,14?,16-,18+,19-/m0/s1. The molecule has 4 aliphatic rings. The van der Waals surface area contributed by atoms with Crippen molar-refractivity contribution in [2.24, 2.45) is 28.6 Å². The van der Waals surface area contributed by atoms with Gasteiger partial charge in [-0.1, -0.05) is 13.8 Å². The van der Waals surface area contributed by atoms with Crippen molar-refractivity contribution in [3.05, 3.63) is 11.6 Å². The number of allylic oxidation sites excluding steroid dienone is 1. The summed E-state index contributed by atoms with van der Waals surface area (Å²) in [4.78, 5) is 24.1. The van der Waals surface area contributed by atoms with Gasteiger partial charge in [0, 0.05) is 18.3 Å². The third kappa shape index (κ3) is 1.71. The first kappa shape index (κ1) is 14.6. The second-order valence-corrected chi connectivity index (χ2v) is 8.48. The molecule has 6 atom stereocenters. The van der Waals surface area contributed by atoms with E-state index in [0.717, 1.165) is 31.3 Å². The van der Waals surface area contributed by atoms with Crippen LogP contribution in [-0.2, 0) is 9.59 Å². The molecule has 0 heterocycles. The van der Waals surface area contributed by atoms with Gasteiger partial charge < -0.3 is 0 Å². The maximum Gasteiger partial charge on any atom is 0.155 e. The molecule has 120 valence electrons. The van der Waals surface area contributed by atoms with Crippen LogP contribution in [0.1, 0.15) is 58.8 Å². The lowest BCUT2D eigenvalue weighted by atomic mass is 9.47. The maximum atomic E-state index is 14.9. The molecular weight excluding hydrogens is 279 g/mol. The van der Waals surface area contributed by atoms with Crippen LogP contribution in [0.3, 0.4) is 0 Å². The first-order chi connectivity index (χ1) is 10.4. The Morgan fingerprint density at radius 2 is 1.77 bits per heavy atom. The van der Waals surface area contributed by atoms with E-state index in [-0.39, 0.29) is 16.6 Å². The number of ketones is 2. The highest BCUT2D eigenvalue weighted by Crippen LogP contribution is 2.64. The van der Waals surface area contributed by atoms with Crippen molar-refractivity contribution in [3.8, 4) is 0 Å². The van der Waals surface area contributed by atoms with Gasteiger partial charge in [-0.3, -0.25) is 9.59 Å². The zero-order valence-electron chi connectivity index (χ0n) is 13.5. The van der Waals surface area contributed by atoms with Gasteiger partial charge in [0.1, 0.15) is 12.0 Å². The van der Waals surface area contributed by atoms with Crippen molar-refractivity contribution in [1.29, 1.82) is 0 Å². The lowest BCUT2D eigenvalue weighted by Gasteiger charge is -2.57. The Balaban J connectivity index is 1.74. The predicted octanol–water partition coefficient (Wildman–Crippen LogP) is 4.04. The van der Waals surface area contributed by atoms with Crippen LogP contribution in [0.2, 0.25) is 0 Å². The minimum Gasteiger partial charge on any atom is -0.299 e. The Kier molecular flexibility index (Phi) is 3.00. The van der Waals surface area contributed by atoms with Crippen molar-refractivity contribution in [2.45, 2.75) is 65.0 Å². The number of carbonyl (C=O) groups is 2. The molecule has 4 rings (SSSR count). The number of fused-ring (bicyclic) bond motifs is 5. The van der Waals surface area contributed by atoms with E-state index < -0.39 is 6.17 Å². The SMILES string of the molecule is C[C@]12CCC(=O)C=C1[C@@H](F)CC1C2CC[C@]2(C)C(=O)CCC12. The Morgan fingerprint density at radius 3 is 2.55 bits per heavy atom. The highest BCUT2D eigenvalue weighted by atomic mass is 19.1. The number of rotatable bonds is 0. The monoisotopic (exact) mass is 304 g/mol. The van der Waals surface area contributed by atoms with Gasteiger partial charge in [0.25, 0.3) is 0 Å². The molecule has 0 radical (unpaired) electrons. The molecule has 0 aromatic rings. The van der Waals surface area contributed by atoms with E-state index in [0.29, 0.717) is 42.8 Å². The molecule has 3 saturated carbocycles. The smallest absolute Gasteiger partial charge is 0.155 e. The van der Waals surface area contributed by atoms with Crippen molar-refractivity contribution < 1.29 is 14.0 Å². The van der Waals surface area contributed by atoms with Crippen molar-refractivity contribution in [3.63, 3.8) is 0 Å². The van der Waals surface area contributed by atoms with Crippen LogP contribution in [0.5, 0.6) is 0 Å². The van der Waals surface area contributed by atoms with Gasteiger partial charge in [-0.05, 0) is 66.9 Å². The third-order valence-corrected chi connectivity index (χ3v) is 7.65. The van der Waals surface area contributed by atoms with Crippen LogP contribution in [0.4, 0.5) is 4.39 Å². The van der Waals surface area contributed by atoms with Crippen molar-refractivity contribution in [1.82, 2.24) is 0 Å². The fourth-order valence-corrected chi connectivity index (χ4v) is 6.33. The molecule has 4 aliphatic carbocycles. The van der Waals surface area contributed by atoms with Gasteiger partial charge in [0.2, 0.25) is 0 Å². The summed E-state index contributed by atoms with van der Waals surface area (Å²) in [7, 11) is 0. The summed E-state index contributed by atoms with van der Waals surface area (Å²) in [5, 5.41) is 0. The molecule has 0 amide bonds. The average molecular weight is 304 g/mol. The predicted molar refractivity (Wildman–Crippen MR) is 82.0 cm³/mol. The second kappa shape index (κ2) is 4.52. The van der Waals surface area contributed by atoms with Gasteiger partial charge in [0.05, 0.1) is 0 Å². The summed E-state index contributed by atoms with van der Waals surface area (Å²) in [6.45, 7) is 4.29. The van der Waals surface area contributed by atoms with Gasteiger partial charge in [0.15, 0.2) is 5.78 Å². The van der Waals surface area contributed by atoms with Crippen LogP contribution in [0.15, 0.2) is 11.6 Å². The minimum atomic E-state index is -0.992. The van der Waals surface area contributed by atoms with Crippen LogP contribution in [0.25, 0.3) is 0 Å². The molecule has 3 fully saturated rings. The Morgan fingerprint density at radius 1 is 1.05 bits per heavy atom. The molecule has 3 heteroatoms. The molecule has 2 nitrogen and oxygen atoms in total. The minimum absolute atomic E-state index is 0.0882. The van der Waals surface area contributed by atoms with E-state index in [9.17, 15) is 14.0 Å². The average Bonchev–Trinajstić information content (AvgIpc) is 2.77. The summed E-state index contributed by atoms with van der Waals surface area (Å²) in [6.07, 6.45) is 6.06. The van der Waals surface area contributed by atoms with E-state index in [1.54, 1.807) is 6.08 Å². The van der Waals surface area contributed by atoms with Gasteiger partial charge in [-0.15, -0.1) is 0 Å². The Labute approximate surface area is 131 Å². The summed E-state index contributed by atoms with van der Waals surface area (Å²) < 4.78 is 14.9. The molecule has 0 aromatic carbocycles. The molecule has 0 aromatic heterocycles. The van der Waals surface area contributed by atoms with Crippen LogP contribution in [0, 0.1) is 28.6 Å². The molecule has 0 saturated heterocycles. The topological polar surface area (TPSA) is 34.1 Å². The zero-order valence-corrected chi connectivity index (χ0v) is 13.5. The molecular formula is C19H25FO2. The van der Waals surface area contributed by atoms with Gasteiger partial charge >= 0.3 is 0 Å². The maximum absolute atomic E-state index is 14.9. The number of halogens is 1. The molecule has 3 unspecified atom stereocenters. The normalized spacial score (nSPS) is 51.0. The van der Waals surface area contributed by atoms with Crippen molar-refractivity contribution >= 4 is 11.6 Å². The molecule has 0 bridgehead atoms. The Hall–Kier alpha value is -0.990. The highest BCUT2D eigenvalue weighted by molar-refractivity contribution is 5.92. The first-order valence-corrected chi connectivity index (χ1v) is 8.78. The van der Waals surface area contributed by atoms with E-state index in [2.05, 4.69) is 13.8 Å². The third-order valence-electron chi connectivity index (χ3n) is 7.65. The van der Waals surface area contributed by atoms with E-state index >= 15 is 0 Å². The number of hydrogen-bond donors (Lipinski definition) is 0. The molecule has 0 spiro atoms. The van der Waals surface area contributed by atoms with Crippen LogP contribution < -0.4 is 0 Å². The lowest BCUT2D eigenvalue weighted by Crippen LogP contribution is -2.53. The van der Waals surface area contributed by atoms with E-state index in [4.69, 9.17) is 0 Å². The second-order valence-electron chi connectivity index (χ2n) is 8.48. The summed E-state index contributed by atoms with van der Waals surface area (Å²) >= 11 is 0. The summed E-state index contributed by atoms with van der Waals surface area (Å²) in [5.41, 5.74) is 0.393. The highest BCUT2D eigenvalue weighted by Gasteiger charge is 2.60. The number of carbonyl (C=O) groups excluding carboxylic acids is 2. The summed E-state index contributed by atoms with van der Waals surface area (Å²) in [6, 6.07) is 0. The fraction of sp³-hybridized carbons (Fsp3) is 0.789. The molecule has 0 aliphatic heterocycles. The van der Waals surface area contributed by atoms with E-state index in [1.807, 2.05) is 0 Å². The summed E-state index contributed by atoms with van der Waals surface area (Å²) in [5.74, 6) is 1.60. The Bertz CT molecular complexity index is 580. The molecule has 22 heavy (non-hydrogen) atoms. The molecule has 0 N–H and O–H groups in total. The fourth-order valence-electron chi connectivity index (χ4n) is 6.33.